The van der Waals surface area contributed by atoms with Crippen molar-refractivity contribution in [2.75, 3.05) is 28.4 Å². The molecule has 0 radical (unpaired) electrons. The van der Waals surface area contributed by atoms with Crippen molar-refractivity contribution in [1.29, 1.82) is 0 Å². The van der Waals surface area contributed by atoms with Gasteiger partial charge in [0.05, 0.1) is 33.5 Å². The minimum Gasteiger partial charge on any atom is -0.493 e. The fourth-order valence-corrected chi connectivity index (χ4v) is 6.19. The van der Waals surface area contributed by atoms with Crippen LogP contribution in [0.3, 0.4) is 0 Å². The van der Waals surface area contributed by atoms with Gasteiger partial charge in [-0.1, -0.05) is 17.7 Å². The molecule has 0 unspecified atom stereocenters. The van der Waals surface area contributed by atoms with Crippen LogP contribution in [0.1, 0.15) is 0 Å². The molecule has 0 bridgehead atoms. The maximum atomic E-state index is 13.5. The molecule has 0 amide bonds. The standard InChI is InChI=1S/C23H21ClN2O6S2/c1-29-16-9-7-14(12-18(16)31-3)22-21(24)23(15-8-10-17(30-2)19(13-15)32-4)26(25-22)34(27,28)20-6-5-11-33-20/h5-13H,1-4H3. The van der Waals surface area contributed by atoms with E-state index >= 15 is 0 Å². The van der Waals surface area contributed by atoms with Gasteiger partial charge in [-0.15, -0.1) is 11.3 Å². The van der Waals surface area contributed by atoms with Gasteiger partial charge >= 0.3 is 0 Å². The molecule has 0 aliphatic carbocycles. The van der Waals surface area contributed by atoms with Crippen LogP contribution < -0.4 is 18.9 Å². The van der Waals surface area contributed by atoms with E-state index in [2.05, 4.69) is 5.10 Å². The largest absolute Gasteiger partial charge is 0.493 e. The molecule has 0 aliphatic rings. The molecule has 2 heterocycles. The zero-order valence-electron chi connectivity index (χ0n) is 18.7. The molecule has 0 N–H and O–H groups in total. The van der Waals surface area contributed by atoms with Gasteiger partial charge in [-0.3, -0.25) is 0 Å². The lowest BCUT2D eigenvalue weighted by Crippen LogP contribution is -2.15. The van der Waals surface area contributed by atoms with Crippen LogP contribution >= 0.6 is 22.9 Å². The minimum atomic E-state index is -4.04. The van der Waals surface area contributed by atoms with Crippen molar-refractivity contribution in [3.05, 3.63) is 58.9 Å². The highest BCUT2D eigenvalue weighted by molar-refractivity contribution is 7.92. The van der Waals surface area contributed by atoms with Crippen LogP contribution in [-0.2, 0) is 10.0 Å². The van der Waals surface area contributed by atoms with E-state index < -0.39 is 10.0 Å². The van der Waals surface area contributed by atoms with Gasteiger partial charge in [0.25, 0.3) is 10.0 Å². The van der Waals surface area contributed by atoms with Crippen LogP contribution in [0.15, 0.2) is 58.1 Å². The van der Waals surface area contributed by atoms with Crippen LogP contribution in [0.5, 0.6) is 23.0 Å². The smallest absolute Gasteiger partial charge is 0.293 e. The highest BCUT2D eigenvalue weighted by Crippen LogP contribution is 2.42. The van der Waals surface area contributed by atoms with Crippen LogP contribution in [-0.4, -0.2) is 46.0 Å². The minimum absolute atomic E-state index is 0.132. The van der Waals surface area contributed by atoms with Gasteiger partial charge in [0.2, 0.25) is 0 Å². The van der Waals surface area contributed by atoms with Crippen LogP contribution in [0, 0.1) is 0 Å². The first-order chi connectivity index (χ1) is 16.3. The molecule has 0 saturated heterocycles. The molecular weight excluding hydrogens is 500 g/mol. The molecule has 178 valence electrons. The summed E-state index contributed by atoms with van der Waals surface area (Å²) in [6.45, 7) is 0. The summed E-state index contributed by atoms with van der Waals surface area (Å²) >= 11 is 7.91. The maximum Gasteiger partial charge on any atom is 0.293 e. The van der Waals surface area contributed by atoms with E-state index in [0.717, 1.165) is 15.4 Å². The lowest BCUT2D eigenvalue weighted by molar-refractivity contribution is 0.355. The van der Waals surface area contributed by atoms with Crippen molar-refractivity contribution < 1.29 is 27.4 Å². The van der Waals surface area contributed by atoms with Gasteiger partial charge in [0.15, 0.2) is 23.0 Å². The second kappa shape index (κ2) is 9.57. The van der Waals surface area contributed by atoms with E-state index in [0.29, 0.717) is 34.1 Å². The lowest BCUT2D eigenvalue weighted by atomic mass is 10.1. The molecule has 0 aliphatic heterocycles. The number of nitrogens with zero attached hydrogens (tertiary/aromatic N) is 2. The van der Waals surface area contributed by atoms with Crippen molar-refractivity contribution in [2.24, 2.45) is 0 Å². The zero-order chi connectivity index (χ0) is 24.5. The molecule has 8 nitrogen and oxygen atoms in total. The number of thiophene rings is 1. The first kappa shape index (κ1) is 23.9. The normalized spacial score (nSPS) is 11.3. The molecule has 4 rings (SSSR count). The fraction of sp³-hybridized carbons (Fsp3) is 0.174. The Kier molecular flexibility index (Phi) is 6.74. The summed E-state index contributed by atoms with van der Waals surface area (Å²) in [5.41, 5.74) is 1.51. The highest BCUT2D eigenvalue weighted by atomic mass is 35.5. The van der Waals surface area contributed by atoms with Gasteiger partial charge in [-0.2, -0.15) is 17.6 Å². The summed E-state index contributed by atoms with van der Waals surface area (Å²) in [6, 6.07) is 13.3. The molecule has 0 atom stereocenters. The maximum absolute atomic E-state index is 13.5. The molecule has 0 fully saturated rings. The number of halogens is 1. The van der Waals surface area contributed by atoms with E-state index in [1.54, 1.807) is 47.8 Å². The highest BCUT2D eigenvalue weighted by Gasteiger charge is 2.29. The molecule has 2 aromatic carbocycles. The summed E-state index contributed by atoms with van der Waals surface area (Å²) in [4.78, 5) is 0. The van der Waals surface area contributed by atoms with E-state index in [9.17, 15) is 8.42 Å². The van der Waals surface area contributed by atoms with Crippen molar-refractivity contribution in [1.82, 2.24) is 9.19 Å². The molecule has 11 heteroatoms. The van der Waals surface area contributed by atoms with E-state index in [1.807, 2.05) is 0 Å². The molecule has 0 spiro atoms. The molecule has 0 saturated carbocycles. The SMILES string of the molecule is COc1ccc(-c2nn(S(=O)(=O)c3cccs3)c(-c3ccc(OC)c(OC)c3)c2Cl)cc1OC. The monoisotopic (exact) mass is 520 g/mol. The zero-order valence-corrected chi connectivity index (χ0v) is 21.1. The van der Waals surface area contributed by atoms with Crippen LogP contribution in [0.4, 0.5) is 0 Å². The number of hydrogen-bond donors (Lipinski definition) is 0. The second-order valence-electron chi connectivity index (χ2n) is 6.93. The number of hydrogen-bond acceptors (Lipinski definition) is 8. The summed E-state index contributed by atoms with van der Waals surface area (Å²) in [5.74, 6) is 1.90. The Balaban J connectivity index is 2.00. The number of rotatable bonds is 8. The summed E-state index contributed by atoms with van der Waals surface area (Å²) in [7, 11) is 2.02. The summed E-state index contributed by atoms with van der Waals surface area (Å²) < 4.78 is 49.6. The molecule has 34 heavy (non-hydrogen) atoms. The van der Waals surface area contributed by atoms with E-state index in [-0.39, 0.29) is 20.6 Å². The third kappa shape index (κ3) is 4.08. The van der Waals surface area contributed by atoms with Gasteiger partial charge in [-0.05, 0) is 47.8 Å². The van der Waals surface area contributed by atoms with Gasteiger partial charge < -0.3 is 18.9 Å². The Morgan fingerprint density at radius 3 is 1.91 bits per heavy atom. The lowest BCUT2D eigenvalue weighted by Gasteiger charge is -2.11. The van der Waals surface area contributed by atoms with Crippen LogP contribution in [0.25, 0.3) is 22.5 Å². The first-order valence-corrected chi connectivity index (χ1v) is 12.6. The topological polar surface area (TPSA) is 88.9 Å². The average Bonchev–Trinajstić information content (AvgIpc) is 3.52. The Hall–Kier alpha value is -3.21. The first-order valence-electron chi connectivity index (χ1n) is 9.88. The molecule has 2 aromatic heterocycles. The quantitative estimate of drug-likeness (QED) is 0.315. The predicted octanol–water partition coefficient (Wildman–Crippen LogP) is 5.20. The predicted molar refractivity (Wildman–Crippen MR) is 131 cm³/mol. The number of benzene rings is 2. The Morgan fingerprint density at radius 2 is 1.38 bits per heavy atom. The van der Waals surface area contributed by atoms with Crippen LogP contribution in [0.2, 0.25) is 5.02 Å². The van der Waals surface area contributed by atoms with E-state index in [4.69, 9.17) is 30.5 Å². The van der Waals surface area contributed by atoms with Gasteiger partial charge in [0.1, 0.15) is 15.6 Å². The Labute approximate surface area is 206 Å². The summed E-state index contributed by atoms with van der Waals surface area (Å²) in [5, 5.41) is 6.28. The van der Waals surface area contributed by atoms with Crippen molar-refractivity contribution in [2.45, 2.75) is 4.21 Å². The number of methoxy groups -OCH3 is 4. The third-order valence-electron chi connectivity index (χ3n) is 5.09. The third-order valence-corrected chi connectivity index (χ3v) is 8.39. The van der Waals surface area contributed by atoms with Gasteiger partial charge in [0, 0.05) is 11.1 Å². The Bertz CT molecular complexity index is 1430. The van der Waals surface area contributed by atoms with E-state index in [1.165, 1.54) is 34.5 Å². The Morgan fingerprint density at radius 1 is 0.824 bits per heavy atom. The summed E-state index contributed by atoms with van der Waals surface area (Å²) in [6.07, 6.45) is 0. The number of aromatic nitrogens is 2. The average molecular weight is 521 g/mol. The molecular formula is C23H21ClN2O6S2. The van der Waals surface area contributed by atoms with Crippen molar-refractivity contribution in [3.8, 4) is 45.5 Å². The second-order valence-corrected chi connectivity index (χ2v) is 10.3. The van der Waals surface area contributed by atoms with Crippen molar-refractivity contribution >= 4 is 33.0 Å². The van der Waals surface area contributed by atoms with Crippen molar-refractivity contribution in [3.63, 3.8) is 0 Å². The van der Waals surface area contributed by atoms with Gasteiger partial charge in [-0.25, -0.2) is 0 Å². The molecule has 4 aromatic rings. The fourth-order valence-electron chi connectivity index (χ4n) is 3.44. The number of ether oxygens (including phenoxy) is 4.